The summed E-state index contributed by atoms with van der Waals surface area (Å²) in [6, 6.07) is 16.6. The Kier molecular flexibility index (Phi) is 5.97. The van der Waals surface area contributed by atoms with Gasteiger partial charge in [0, 0.05) is 27.7 Å². The fourth-order valence-electron chi connectivity index (χ4n) is 3.05. The maximum atomic E-state index is 12.1. The van der Waals surface area contributed by atoms with E-state index in [0.717, 1.165) is 28.2 Å². The number of carbonyl (C=O) groups is 1. The number of hydrazone groups is 1. The molecule has 1 atom stereocenters. The first-order valence-electron chi connectivity index (χ1n) is 8.90. The second-order valence-electron chi connectivity index (χ2n) is 6.64. The quantitative estimate of drug-likeness (QED) is 0.501. The first kappa shape index (κ1) is 19.9. The molecule has 5 nitrogen and oxygen atoms in total. The van der Waals surface area contributed by atoms with Gasteiger partial charge in [0.25, 0.3) is 5.91 Å². The number of rotatable bonds is 5. The number of hydrogen-bond donors (Lipinski definition) is 2. The Morgan fingerprint density at radius 1 is 1.14 bits per heavy atom. The molecule has 3 aromatic rings. The van der Waals surface area contributed by atoms with Crippen molar-refractivity contribution in [2.45, 2.75) is 26.9 Å². The van der Waals surface area contributed by atoms with Crippen molar-refractivity contribution >= 4 is 23.7 Å². The summed E-state index contributed by atoms with van der Waals surface area (Å²) in [6.07, 6.45) is 0.310. The van der Waals surface area contributed by atoms with Crippen molar-refractivity contribution in [2.75, 3.05) is 0 Å². The minimum absolute atomic E-state index is 0.518. The largest absolute Gasteiger partial charge is 0.378 e. The van der Waals surface area contributed by atoms with Gasteiger partial charge in [-0.25, -0.2) is 5.43 Å². The molecule has 0 unspecified atom stereocenters. The first-order chi connectivity index (χ1) is 13.4. The lowest BCUT2D eigenvalue weighted by Crippen LogP contribution is -2.25. The smallest absolute Gasteiger partial charge is 0.273 e. The van der Waals surface area contributed by atoms with Crippen LogP contribution >= 0.6 is 11.6 Å². The Labute approximate surface area is 169 Å². The van der Waals surface area contributed by atoms with E-state index in [1.165, 1.54) is 0 Å². The highest BCUT2D eigenvalue weighted by Gasteiger charge is 2.16. The number of nitrogens with one attached hydrogen (secondary N) is 1. The molecule has 0 fully saturated rings. The number of halogens is 1. The average molecular weight is 396 g/mol. The summed E-state index contributed by atoms with van der Waals surface area (Å²) in [6.45, 7) is 5.94. The van der Waals surface area contributed by atoms with E-state index in [1.807, 2.05) is 51.1 Å². The van der Waals surface area contributed by atoms with E-state index in [0.29, 0.717) is 10.6 Å². The molecule has 0 radical (unpaired) electrons. The summed E-state index contributed by atoms with van der Waals surface area (Å²) in [5.41, 5.74) is 7.76. The molecule has 2 N–H and O–H groups in total. The molecule has 0 bridgehead atoms. The fourth-order valence-corrected chi connectivity index (χ4v) is 3.22. The van der Waals surface area contributed by atoms with E-state index in [1.54, 1.807) is 30.5 Å². The maximum absolute atomic E-state index is 12.1. The van der Waals surface area contributed by atoms with Gasteiger partial charge in [-0.15, -0.1) is 0 Å². The highest BCUT2D eigenvalue weighted by molar-refractivity contribution is 6.31. The summed E-state index contributed by atoms with van der Waals surface area (Å²) in [5.74, 6) is -0.582. The molecular formula is C22H22ClN3O2. The average Bonchev–Trinajstić information content (AvgIpc) is 2.97. The molecule has 144 valence electrons. The number of nitrogens with zero attached hydrogens (tertiary/aromatic N) is 2. The van der Waals surface area contributed by atoms with Gasteiger partial charge in [-0.3, -0.25) is 4.79 Å². The number of aromatic nitrogens is 1. The van der Waals surface area contributed by atoms with Gasteiger partial charge < -0.3 is 9.67 Å². The Morgan fingerprint density at radius 2 is 1.86 bits per heavy atom. The standard InChI is InChI=1S/C22H22ClN3O2/c1-14-9-10-19(12-20(14)23)26-15(2)11-18(16(26)3)13-24-25-22(28)21(27)17-7-5-4-6-8-17/h4-13,21,27H,1-3H3,(H,25,28)/b24-13-/t21-/m0/s1. The van der Waals surface area contributed by atoms with Crippen molar-refractivity contribution in [1.82, 2.24) is 9.99 Å². The highest BCUT2D eigenvalue weighted by Crippen LogP contribution is 2.24. The number of hydrogen-bond acceptors (Lipinski definition) is 3. The Bertz CT molecular complexity index is 1030. The molecule has 1 amide bonds. The molecule has 0 aliphatic rings. The lowest BCUT2D eigenvalue weighted by atomic mass is 10.1. The molecule has 0 saturated carbocycles. The Balaban J connectivity index is 1.76. The number of carbonyl (C=O) groups excluding carboxylic acids is 1. The maximum Gasteiger partial charge on any atom is 0.273 e. The van der Waals surface area contributed by atoms with Gasteiger partial charge in [-0.05, 0) is 50.1 Å². The number of amides is 1. The van der Waals surface area contributed by atoms with Crippen molar-refractivity contribution in [3.8, 4) is 5.69 Å². The molecule has 1 heterocycles. The lowest BCUT2D eigenvalue weighted by molar-refractivity contribution is -0.129. The Hall–Kier alpha value is -2.89. The van der Waals surface area contributed by atoms with Crippen LogP contribution in [0.4, 0.5) is 0 Å². The molecule has 0 spiro atoms. The molecule has 28 heavy (non-hydrogen) atoms. The van der Waals surface area contributed by atoms with E-state index in [2.05, 4.69) is 15.1 Å². The normalized spacial score (nSPS) is 12.3. The topological polar surface area (TPSA) is 66.6 Å². The second-order valence-corrected chi connectivity index (χ2v) is 7.05. The lowest BCUT2D eigenvalue weighted by Gasteiger charge is -2.11. The van der Waals surface area contributed by atoms with Gasteiger partial charge in [0.2, 0.25) is 0 Å². The molecule has 3 rings (SSSR count). The van der Waals surface area contributed by atoms with E-state index in [9.17, 15) is 9.90 Å². The SMILES string of the molecule is Cc1ccc(-n2c(C)cc(/C=N\NC(=O)[C@@H](O)c3ccccc3)c2C)cc1Cl. The predicted molar refractivity (Wildman–Crippen MR) is 112 cm³/mol. The van der Waals surface area contributed by atoms with Crippen LogP contribution in [0.5, 0.6) is 0 Å². The van der Waals surface area contributed by atoms with Gasteiger partial charge >= 0.3 is 0 Å². The van der Waals surface area contributed by atoms with Crippen LogP contribution < -0.4 is 5.43 Å². The van der Waals surface area contributed by atoms with E-state index < -0.39 is 12.0 Å². The summed E-state index contributed by atoms with van der Waals surface area (Å²) < 4.78 is 2.08. The second kappa shape index (κ2) is 8.42. The Morgan fingerprint density at radius 3 is 2.54 bits per heavy atom. The summed E-state index contributed by atoms with van der Waals surface area (Å²) in [5, 5.41) is 14.8. The van der Waals surface area contributed by atoms with Crippen LogP contribution in [0.2, 0.25) is 5.02 Å². The van der Waals surface area contributed by atoms with Crippen LogP contribution in [0.1, 0.15) is 34.2 Å². The summed E-state index contributed by atoms with van der Waals surface area (Å²) >= 11 is 6.26. The monoisotopic (exact) mass is 395 g/mol. The third kappa shape index (κ3) is 4.16. The zero-order valence-electron chi connectivity index (χ0n) is 16.0. The van der Waals surface area contributed by atoms with Gasteiger partial charge in [-0.1, -0.05) is 48.0 Å². The number of aliphatic hydroxyl groups excluding tert-OH is 1. The highest BCUT2D eigenvalue weighted by atomic mass is 35.5. The molecular weight excluding hydrogens is 374 g/mol. The minimum Gasteiger partial charge on any atom is -0.378 e. The number of aryl methyl sites for hydroxylation is 2. The summed E-state index contributed by atoms with van der Waals surface area (Å²) in [4.78, 5) is 12.1. The number of aliphatic hydroxyl groups is 1. The third-order valence-corrected chi connectivity index (χ3v) is 5.03. The van der Waals surface area contributed by atoms with Gasteiger partial charge in [0.05, 0.1) is 6.21 Å². The van der Waals surface area contributed by atoms with Crippen molar-refractivity contribution in [3.05, 3.63) is 87.7 Å². The zero-order valence-corrected chi connectivity index (χ0v) is 16.7. The predicted octanol–water partition coefficient (Wildman–Crippen LogP) is 4.24. The van der Waals surface area contributed by atoms with Crippen LogP contribution in [0.25, 0.3) is 5.69 Å². The van der Waals surface area contributed by atoms with E-state index >= 15 is 0 Å². The van der Waals surface area contributed by atoms with Crippen LogP contribution in [-0.2, 0) is 4.79 Å². The van der Waals surface area contributed by atoms with E-state index in [-0.39, 0.29) is 0 Å². The molecule has 0 aliphatic carbocycles. The molecule has 1 aromatic heterocycles. The van der Waals surface area contributed by atoms with Crippen molar-refractivity contribution in [3.63, 3.8) is 0 Å². The molecule has 6 heteroatoms. The molecule has 0 saturated heterocycles. The van der Waals surface area contributed by atoms with Gasteiger partial charge in [0.15, 0.2) is 6.10 Å². The van der Waals surface area contributed by atoms with Crippen LogP contribution in [0.15, 0.2) is 59.7 Å². The molecule has 0 aliphatic heterocycles. The zero-order chi connectivity index (χ0) is 20.3. The fraction of sp³-hybridized carbons (Fsp3) is 0.182. The van der Waals surface area contributed by atoms with Crippen molar-refractivity contribution in [1.29, 1.82) is 0 Å². The third-order valence-electron chi connectivity index (χ3n) is 4.63. The first-order valence-corrected chi connectivity index (χ1v) is 9.27. The van der Waals surface area contributed by atoms with Crippen molar-refractivity contribution in [2.24, 2.45) is 5.10 Å². The van der Waals surface area contributed by atoms with Crippen LogP contribution in [-0.4, -0.2) is 21.8 Å². The molecule has 2 aromatic carbocycles. The van der Waals surface area contributed by atoms with Gasteiger partial charge in [0.1, 0.15) is 0 Å². The van der Waals surface area contributed by atoms with Gasteiger partial charge in [-0.2, -0.15) is 5.10 Å². The summed E-state index contributed by atoms with van der Waals surface area (Å²) in [7, 11) is 0. The van der Waals surface area contributed by atoms with E-state index in [4.69, 9.17) is 11.6 Å². The van der Waals surface area contributed by atoms with Crippen LogP contribution in [0, 0.1) is 20.8 Å². The van der Waals surface area contributed by atoms with Crippen molar-refractivity contribution < 1.29 is 9.90 Å². The van der Waals surface area contributed by atoms with Crippen LogP contribution in [0.3, 0.4) is 0 Å². The minimum atomic E-state index is -1.26. The number of benzene rings is 2.